The number of aromatic amines is 1. The van der Waals surface area contributed by atoms with Gasteiger partial charge in [0.1, 0.15) is 5.69 Å². The van der Waals surface area contributed by atoms with Crippen molar-refractivity contribution in [1.82, 2.24) is 19.7 Å². The molecule has 24 heavy (non-hydrogen) atoms. The zero-order chi connectivity index (χ0) is 16.7. The van der Waals surface area contributed by atoms with E-state index in [1.165, 1.54) is 0 Å². The fraction of sp³-hybridized carbons (Fsp3) is 0.0556. The third-order valence-corrected chi connectivity index (χ3v) is 4.02. The summed E-state index contributed by atoms with van der Waals surface area (Å²) in [5, 5.41) is 8.69. The number of para-hydroxylation sites is 1. The highest BCUT2D eigenvalue weighted by Crippen LogP contribution is 2.34. The number of pyridine rings is 1. The molecule has 0 radical (unpaired) electrons. The number of aromatic nitrogens is 4. The second-order valence-corrected chi connectivity index (χ2v) is 5.44. The summed E-state index contributed by atoms with van der Waals surface area (Å²) in [4.78, 5) is 15.8. The van der Waals surface area contributed by atoms with Crippen molar-refractivity contribution >= 4 is 27.8 Å². The fourth-order valence-electron chi connectivity index (χ4n) is 2.97. The highest BCUT2D eigenvalue weighted by atomic mass is 16.1. The molecule has 0 aliphatic carbocycles. The summed E-state index contributed by atoms with van der Waals surface area (Å²) in [5.74, 6) is 2.08. The molecular weight excluding hydrogens is 302 g/mol. The van der Waals surface area contributed by atoms with E-state index < -0.39 is 5.91 Å². The lowest BCUT2D eigenvalue weighted by atomic mass is 10.0. The Hall–Kier alpha value is -3.59. The molecule has 4 aromatic rings. The van der Waals surface area contributed by atoms with Gasteiger partial charge in [-0.1, -0.05) is 24.1 Å². The molecule has 6 heteroatoms. The number of amides is 1. The zero-order valence-corrected chi connectivity index (χ0v) is 12.7. The van der Waals surface area contributed by atoms with Gasteiger partial charge in [0.05, 0.1) is 12.7 Å². The lowest BCUT2D eigenvalue weighted by molar-refractivity contribution is 0.0996. The van der Waals surface area contributed by atoms with Crippen LogP contribution in [0, 0.1) is 12.3 Å². The first-order valence-corrected chi connectivity index (χ1v) is 7.34. The Morgan fingerprint density at radius 1 is 1.29 bits per heavy atom. The zero-order valence-electron chi connectivity index (χ0n) is 12.7. The standard InChI is InChI=1S/C18H13N5O/c1-2-7-23-10-14(11-5-3-4-6-16(11)23)12-8-15(17(19)24)21-18-13(12)9-20-22-18/h1,3-6,8-10H,7H2,(H2,19,24)(H,20,21,22). The number of nitrogens with one attached hydrogen (secondary N) is 1. The minimum atomic E-state index is -0.583. The third kappa shape index (κ3) is 2.03. The third-order valence-electron chi connectivity index (χ3n) is 4.02. The molecule has 0 atom stereocenters. The molecular formula is C18H13N5O. The van der Waals surface area contributed by atoms with Gasteiger partial charge in [0.2, 0.25) is 0 Å². The number of fused-ring (bicyclic) bond motifs is 2. The molecule has 4 rings (SSSR count). The van der Waals surface area contributed by atoms with Crippen LogP contribution in [0.15, 0.2) is 42.7 Å². The summed E-state index contributed by atoms with van der Waals surface area (Å²) in [6.07, 6.45) is 9.15. The van der Waals surface area contributed by atoms with Gasteiger partial charge in [-0.2, -0.15) is 5.10 Å². The van der Waals surface area contributed by atoms with Crippen molar-refractivity contribution in [2.45, 2.75) is 6.54 Å². The number of hydrogen-bond donors (Lipinski definition) is 2. The molecule has 1 aromatic carbocycles. The maximum Gasteiger partial charge on any atom is 0.267 e. The van der Waals surface area contributed by atoms with Crippen molar-refractivity contribution in [3.63, 3.8) is 0 Å². The Balaban J connectivity index is 2.08. The van der Waals surface area contributed by atoms with Gasteiger partial charge in [-0.25, -0.2) is 4.98 Å². The Morgan fingerprint density at radius 3 is 2.92 bits per heavy atom. The maximum atomic E-state index is 11.6. The molecule has 0 saturated heterocycles. The van der Waals surface area contributed by atoms with E-state index in [1.54, 1.807) is 12.3 Å². The van der Waals surface area contributed by atoms with E-state index in [1.807, 2.05) is 35.0 Å². The Labute approximate surface area is 137 Å². The lowest BCUT2D eigenvalue weighted by Gasteiger charge is -2.04. The Kier molecular flexibility index (Phi) is 3.07. The quantitative estimate of drug-likeness (QED) is 0.568. The Morgan fingerprint density at radius 2 is 2.12 bits per heavy atom. The summed E-state index contributed by atoms with van der Waals surface area (Å²) in [6.45, 7) is 0.461. The van der Waals surface area contributed by atoms with Gasteiger partial charge in [-0.15, -0.1) is 6.42 Å². The smallest absolute Gasteiger partial charge is 0.267 e. The number of benzene rings is 1. The Bertz CT molecular complexity index is 1130. The molecule has 0 saturated carbocycles. The molecule has 0 spiro atoms. The van der Waals surface area contributed by atoms with Crippen LogP contribution >= 0.6 is 0 Å². The van der Waals surface area contributed by atoms with Crippen molar-refractivity contribution in [1.29, 1.82) is 0 Å². The van der Waals surface area contributed by atoms with Crippen LogP contribution in [0.25, 0.3) is 33.1 Å². The van der Waals surface area contributed by atoms with E-state index in [9.17, 15) is 4.79 Å². The fourth-order valence-corrected chi connectivity index (χ4v) is 2.97. The summed E-state index contributed by atoms with van der Waals surface area (Å²) in [6, 6.07) is 9.66. The molecule has 0 aliphatic heterocycles. The molecule has 1 amide bonds. The monoisotopic (exact) mass is 315 g/mol. The van der Waals surface area contributed by atoms with E-state index in [-0.39, 0.29) is 5.69 Å². The van der Waals surface area contributed by atoms with Crippen LogP contribution in [0.5, 0.6) is 0 Å². The number of primary amides is 1. The largest absolute Gasteiger partial charge is 0.364 e. The number of nitrogens with zero attached hydrogens (tertiary/aromatic N) is 3. The number of rotatable bonds is 3. The van der Waals surface area contributed by atoms with Gasteiger partial charge in [0.15, 0.2) is 5.65 Å². The van der Waals surface area contributed by atoms with E-state index in [4.69, 9.17) is 12.2 Å². The molecule has 3 heterocycles. The number of hydrogen-bond acceptors (Lipinski definition) is 3. The second-order valence-electron chi connectivity index (χ2n) is 5.44. The van der Waals surface area contributed by atoms with Crippen LogP contribution in [0.4, 0.5) is 0 Å². The number of terminal acetylenes is 1. The minimum Gasteiger partial charge on any atom is -0.364 e. The van der Waals surface area contributed by atoms with Gasteiger partial charge in [0, 0.05) is 28.0 Å². The summed E-state index contributed by atoms with van der Waals surface area (Å²) in [7, 11) is 0. The lowest BCUT2D eigenvalue weighted by Crippen LogP contribution is -2.13. The van der Waals surface area contributed by atoms with Gasteiger partial charge < -0.3 is 10.3 Å². The average Bonchev–Trinajstić information content (AvgIpc) is 3.19. The first kappa shape index (κ1) is 14.0. The van der Waals surface area contributed by atoms with Crippen molar-refractivity contribution in [3.8, 4) is 23.5 Å². The van der Waals surface area contributed by atoms with Crippen LogP contribution in [-0.4, -0.2) is 25.7 Å². The van der Waals surface area contributed by atoms with E-state index in [0.29, 0.717) is 12.2 Å². The predicted molar refractivity (Wildman–Crippen MR) is 92.2 cm³/mol. The van der Waals surface area contributed by atoms with E-state index in [2.05, 4.69) is 21.1 Å². The second kappa shape index (κ2) is 5.25. The van der Waals surface area contributed by atoms with Crippen molar-refractivity contribution in [2.75, 3.05) is 0 Å². The van der Waals surface area contributed by atoms with E-state index in [0.717, 1.165) is 27.4 Å². The number of H-pyrrole nitrogens is 1. The number of carbonyl (C=O) groups is 1. The van der Waals surface area contributed by atoms with Gasteiger partial charge in [0.25, 0.3) is 5.91 Å². The van der Waals surface area contributed by atoms with Crippen molar-refractivity contribution < 1.29 is 4.79 Å². The van der Waals surface area contributed by atoms with Crippen LogP contribution in [0.2, 0.25) is 0 Å². The predicted octanol–water partition coefficient (Wildman–Crippen LogP) is 2.31. The molecule has 0 bridgehead atoms. The highest BCUT2D eigenvalue weighted by Gasteiger charge is 2.16. The normalized spacial score (nSPS) is 11.0. The van der Waals surface area contributed by atoms with Gasteiger partial charge in [-0.05, 0) is 17.7 Å². The highest BCUT2D eigenvalue weighted by molar-refractivity contribution is 6.06. The first-order valence-electron chi connectivity index (χ1n) is 7.34. The van der Waals surface area contributed by atoms with Gasteiger partial charge in [-0.3, -0.25) is 9.89 Å². The maximum absolute atomic E-state index is 11.6. The molecule has 3 N–H and O–H groups in total. The molecule has 6 nitrogen and oxygen atoms in total. The van der Waals surface area contributed by atoms with Crippen LogP contribution < -0.4 is 5.73 Å². The molecule has 0 fully saturated rings. The minimum absolute atomic E-state index is 0.190. The average molecular weight is 315 g/mol. The molecule has 3 aromatic heterocycles. The molecule has 0 aliphatic rings. The van der Waals surface area contributed by atoms with Crippen LogP contribution in [0.3, 0.4) is 0 Å². The summed E-state index contributed by atoms with van der Waals surface area (Å²) < 4.78 is 2.00. The molecule has 0 unspecified atom stereocenters. The van der Waals surface area contributed by atoms with Crippen molar-refractivity contribution in [3.05, 3.63) is 48.4 Å². The van der Waals surface area contributed by atoms with Gasteiger partial charge >= 0.3 is 0 Å². The first-order chi connectivity index (χ1) is 11.7. The topological polar surface area (TPSA) is 89.6 Å². The van der Waals surface area contributed by atoms with Crippen LogP contribution in [0.1, 0.15) is 10.5 Å². The number of carbonyl (C=O) groups excluding carboxylic acids is 1. The summed E-state index contributed by atoms with van der Waals surface area (Å²) in [5.41, 5.74) is 8.96. The SMILES string of the molecule is C#CCn1cc(-c2cc(C(N)=O)nc3[nH]ncc23)c2ccccc21. The van der Waals surface area contributed by atoms with Crippen LogP contribution in [-0.2, 0) is 6.54 Å². The molecule has 116 valence electrons. The van der Waals surface area contributed by atoms with Crippen molar-refractivity contribution in [2.24, 2.45) is 5.73 Å². The van der Waals surface area contributed by atoms with E-state index >= 15 is 0 Å². The summed E-state index contributed by atoms with van der Waals surface area (Å²) >= 11 is 0. The number of nitrogens with two attached hydrogens (primary N) is 1.